The summed E-state index contributed by atoms with van der Waals surface area (Å²) in [5.74, 6) is -0.116. The van der Waals surface area contributed by atoms with Gasteiger partial charge in [-0.15, -0.1) is 0 Å². The molecule has 0 saturated carbocycles. The van der Waals surface area contributed by atoms with Crippen LogP contribution in [0.4, 0.5) is 0 Å². The summed E-state index contributed by atoms with van der Waals surface area (Å²) in [6.45, 7) is 4.28. The van der Waals surface area contributed by atoms with Gasteiger partial charge in [0.15, 0.2) is 0 Å². The van der Waals surface area contributed by atoms with Crippen molar-refractivity contribution in [3.8, 4) is 5.75 Å². The van der Waals surface area contributed by atoms with Crippen molar-refractivity contribution in [2.45, 2.75) is 12.8 Å². The van der Waals surface area contributed by atoms with E-state index in [4.69, 9.17) is 9.84 Å². The number of carboxylic acids is 1. The van der Waals surface area contributed by atoms with Crippen molar-refractivity contribution in [2.75, 3.05) is 6.61 Å². The summed E-state index contributed by atoms with van der Waals surface area (Å²) in [4.78, 5) is 10.7. The highest BCUT2D eigenvalue weighted by Crippen LogP contribution is 2.27. The molecule has 0 aliphatic carbocycles. The van der Waals surface area contributed by atoms with Crippen LogP contribution in [0.1, 0.15) is 17.5 Å². The Morgan fingerprint density at radius 1 is 1.47 bits per heavy atom. The fourth-order valence-corrected chi connectivity index (χ4v) is 1.67. The maximum absolute atomic E-state index is 10.7. The molecule has 1 aromatic carbocycles. The summed E-state index contributed by atoms with van der Waals surface area (Å²) in [6.07, 6.45) is 1.92. The van der Waals surface area contributed by atoms with Gasteiger partial charge in [-0.1, -0.05) is 12.6 Å². The number of benzene rings is 1. The van der Waals surface area contributed by atoms with Crippen LogP contribution >= 0.6 is 0 Å². The van der Waals surface area contributed by atoms with E-state index in [9.17, 15) is 4.79 Å². The molecule has 1 N–H and O–H groups in total. The van der Waals surface area contributed by atoms with E-state index in [-0.39, 0.29) is 5.57 Å². The van der Waals surface area contributed by atoms with Crippen molar-refractivity contribution >= 4 is 11.5 Å². The Hall–Kier alpha value is -1.77. The van der Waals surface area contributed by atoms with E-state index < -0.39 is 5.97 Å². The number of carboxylic acid groups (broad SMARTS) is 1. The van der Waals surface area contributed by atoms with E-state index in [1.54, 1.807) is 6.07 Å². The molecule has 78 valence electrons. The second-order valence-electron chi connectivity index (χ2n) is 3.56. The minimum absolute atomic E-state index is 0.128. The van der Waals surface area contributed by atoms with Gasteiger partial charge in [0, 0.05) is 0 Å². The molecule has 0 amide bonds. The Bertz CT molecular complexity index is 421. The first kappa shape index (κ1) is 9.77. The predicted molar refractivity (Wildman–Crippen MR) is 56.9 cm³/mol. The van der Waals surface area contributed by atoms with Crippen molar-refractivity contribution in [2.24, 2.45) is 0 Å². The predicted octanol–water partition coefficient (Wildman–Crippen LogP) is 2.11. The summed E-state index contributed by atoms with van der Waals surface area (Å²) in [7, 11) is 0. The molecular weight excluding hydrogens is 192 g/mol. The van der Waals surface area contributed by atoms with Gasteiger partial charge in [0.25, 0.3) is 0 Å². The molecular formula is C12H12O3. The average Bonchev–Trinajstić information content (AvgIpc) is 2.27. The van der Waals surface area contributed by atoms with Crippen LogP contribution < -0.4 is 4.74 Å². The molecule has 0 bridgehead atoms. The summed E-state index contributed by atoms with van der Waals surface area (Å²) in [5.41, 5.74) is 1.86. The highest BCUT2D eigenvalue weighted by molar-refractivity contribution is 6.14. The molecule has 3 nitrogen and oxygen atoms in total. The quantitative estimate of drug-likeness (QED) is 0.750. The first-order valence-electron chi connectivity index (χ1n) is 4.87. The zero-order valence-electron chi connectivity index (χ0n) is 8.32. The number of aliphatic carboxylic acids is 1. The number of carbonyl (C=O) groups is 1. The van der Waals surface area contributed by atoms with Crippen molar-refractivity contribution in [3.63, 3.8) is 0 Å². The molecule has 15 heavy (non-hydrogen) atoms. The molecule has 1 heterocycles. The molecule has 2 rings (SSSR count). The Labute approximate surface area is 88.0 Å². The van der Waals surface area contributed by atoms with Crippen LogP contribution in [0.5, 0.6) is 5.75 Å². The van der Waals surface area contributed by atoms with Gasteiger partial charge in [0.05, 0.1) is 12.2 Å². The van der Waals surface area contributed by atoms with E-state index in [0.717, 1.165) is 30.8 Å². The molecule has 0 fully saturated rings. The lowest BCUT2D eigenvalue weighted by atomic mass is 10.00. The molecule has 0 unspecified atom stereocenters. The molecule has 0 saturated heterocycles. The van der Waals surface area contributed by atoms with Gasteiger partial charge >= 0.3 is 5.97 Å². The van der Waals surface area contributed by atoms with Crippen LogP contribution in [0, 0.1) is 0 Å². The average molecular weight is 204 g/mol. The van der Waals surface area contributed by atoms with Gasteiger partial charge in [-0.25, -0.2) is 4.79 Å². The lowest BCUT2D eigenvalue weighted by molar-refractivity contribution is -0.130. The SMILES string of the molecule is C=C(C(=O)O)c1ccc2c(c1)CCCO2. The number of hydrogen-bond donors (Lipinski definition) is 1. The van der Waals surface area contributed by atoms with E-state index in [0.29, 0.717) is 5.56 Å². The van der Waals surface area contributed by atoms with Crippen LogP contribution in [-0.4, -0.2) is 17.7 Å². The second kappa shape index (κ2) is 3.77. The number of fused-ring (bicyclic) bond motifs is 1. The van der Waals surface area contributed by atoms with Crippen molar-refractivity contribution in [1.29, 1.82) is 0 Å². The Balaban J connectivity index is 2.36. The normalized spacial score (nSPS) is 13.9. The molecule has 1 aromatic rings. The van der Waals surface area contributed by atoms with Gasteiger partial charge < -0.3 is 9.84 Å². The van der Waals surface area contributed by atoms with Crippen LogP contribution in [0.3, 0.4) is 0 Å². The summed E-state index contributed by atoms with van der Waals surface area (Å²) in [5, 5.41) is 8.81. The van der Waals surface area contributed by atoms with E-state index in [1.807, 2.05) is 12.1 Å². The van der Waals surface area contributed by atoms with Gasteiger partial charge in [-0.05, 0) is 36.1 Å². The third-order valence-electron chi connectivity index (χ3n) is 2.52. The lowest BCUT2D eigenvalue weighted by Crippen LogP contribution is -2.09. The Morgan fingerprint density at radius 2 is 2.27 bits per heavy atom. The zero-order valence-corrected chi connectivity index (χ0v) is 8.32. The van der Waals surface area contributed by atoms with E-state index >= 15 is 0 Å². The maximum atomic E-state index is 10.7. The summed E-state index contributed by atoms with van der Waals surface area (Å²) < 4.78 is 5.44. The first-order valence-corrected chi connectivity index (χ1v) is 4.87. The van der Waals surface area contributed by atoms with Crippen LogP contribution in [-0.2, 0) is 11.2 Å². The minimum atomic E-state index is -0.980. The molecule has 1 aliphatic heterocycles. The number of aryl methyl sites for hydroxylation is 1. The molecule has 0 aromatic heterocycles. The smallest absolute Gasteiger partial charge is 0.335 e. The fraction of sp³-hybridized carbons (Fsp3) is 0.250. The van der Waals surface area contributed by atoms with Crippen LogP contribution in [0.2, 0.25) is 0 Å². The van der Waals surface area contributed by atoms with Gasteiger partial charge in [0.2, 0.25) is 0 Å². The van der Waals surface area contributed by atoms with Gasteiger partial charge in [0.1, 0.15) is 5.75 Å². The molecule has 0 spiro atoms. The van der Waals surface area contributed by atoms with Crippen LogP contribution in [0.25, 0.3) is 5.57 Å². The molecule has 3 heteroatoms. The van der Waals surface area contributed by atoms with E-state index in [2.05, 4.69) is 6.58 Å². The van der Waals surface area contributed by atoms with E-state index in [1.165, 1.54) is 0 Å². The summed E-state index contributed by atoms with van der Waals surface area (Å²) in [6, 6.07) is 5.41. The zero-order chi connectivity index (χ0) is 10.8. The standard InChI is InChI=1S/C12H12O3/c1-8(12(13)14)9-4-5-11-10(7-9)3-2-6-15-11/h4-5,7H,1-3,6H2,(H,13,14). The lowest BCUT2D eigenvalue weighted by Gasteiger charge is -2.17. The third-order valence-corrected chi connectivity index (χ3v) is 2.52. The third kappa shape index (κ3) is 1.86. The second-order valence-corrected chi connectivity index (χ2v) is 3.56. The van der Waals surface area contributed by atoms with Gasteiger partial charge in [-0.2, -0.15) is 0 Å². The Kier molecular flexibility index (Phi) is 2.46. The van der Waals surface area contributed by atoms with Crippen molar-refractivity contribution in [1.82, 2.24) is 0 Å². The minimum Gasteiger partial charge on any atom is -0.493 e. The molecule has 0 radical (unpaired) electrons. The monoisotopic (exact) mass is 204 g/mol. The van der Waals surface area contributed by atoms with Crippen molar-refractivity contribution in [3.05, 3.63) is 35.9 Å². The number of rotatable bonds is 2. The van der Waals surface area contributed by atoms with Crippen molar-refractivity contribution < 1.29 is 14.6 Å². The first-order chi connectivity index (χ1) is 7.18. The van der Waals surface area contributed by atoms with Gasteiger partial charge in [-0.3, -0.25) is 0 Å². The largest absolute Gasteiger partial charge is 0.493 e. The molecule has 0 atom stereocenters. The highest BCUT2D eigenvalue weighted by Gasteiger charge is 2.13. The number of hydrogen-bond acceptors (Lipinski definition) is 2. The Morgan fingerprint density at radius 3 is 3.00 bits per heavy atom. The topological polar surface area (TPSA) is 46.5 Å². The highest BCUT2D eigenvalue weighted by atomic mass is 16.5. The fourth-order valence-electron chi connectivity index (χ4n) is 1.67. The molecule has 1 aliphatic rings. The number of ether oxygens (including phenoxy) is 1. The van der Waals surface area contributed by atoms with Crippen LogP contribution in [0.15, 0.2) is 24.8 Å². The maximum Gasteiger partial charge on any atom is 0.335 e. The summed E-state index contributed by atoms with van der Waals surface area (Å²) >= 11 is 0.